The highest BCUT2D eigenvalue weighted by Crippen LogP contribution is 2.74. The topological polar surface area (TPSA) is 48.0 Å². The van der Waals surface area contributed by atoms with E-state index in [1.807, 2.05) is 7.11 Å². The summed E-state index contributed by atoms with van der Waals surface area (Å²) in [7, 11) is 3.58. The normalized spacial score (nSPS) is 41.8. The molecule has 3 fully saturated rings. The van der Waals surface area contributed by atoms with Gasteiger partial charge in [0.25, 0.3) is 0 Å². The first kappa shape index (κ1) is 21.4. The number of piperidine rings is 1. The molecule has 5 aliphatic carbocycles. The van der Waals surface area contributed by atoms with E-state index in [1.165, 1.54) is 36.1 Å². The van der Waals surface area contributed by atoms with Crippen LogP contribution in [0.3, 0.4) is 0 Å². The second kappa shape index (κ2) is 6.88. The molecule has 2 aliphatic heterocycles. The highest BCUT2D eigenvalue weighted by Gasteiger charge is 2.76. The summed E-state index contributed by atoms with van der Waals surface area (Å²) in [6.45, 7) is 6.97. The lowest BCUT2D eigenvalue weighted by Crippen LogP contribution is -2.77. The van der Waals surface area contributed by atoms with Gasteiger partial charge in [0.15, 0.2) is 11.5 Å². The van der Waals surface area contributed by atoms with Crippen LogP contribution in [0.4, 0.5) is 0 Å². The summed E-state index contributed by atoms with van der Waals surface area (Å²) < 4.78 is 19.0. The fourth-order valence-electron chi connectivity index (χ4n) is 9.54. The number of fused-ring (bicyclic) bond motifs is 2. The molecule has 0 radical (unpaired) electrons. The van der Waals surface area contributed by atoms with Crippen molar-refractivity contribution in [3.05, 3.63) is 34.9 Å². The molecule has 5 heteroatoms. The van der Waals surface area contributed by atoms with Gasteiger partial charge in [-0.05, 0) is 76.5 Å². The summed E-state index contributed by atoms with van der Waals surface area (Å²) in [5.41, 5.74) is 3.48. The van der Waals surface area contributed by atoms with Crippen LogP contribution < -0.4 is 9.47 Å². The zero-order valence-corrected chi connectivity index (χ0v) is 21.0. The Morgan fingerprint density at radius 3 is 2.79 bits per heavy atom. The Balaban J connectivity index is 1.55. The first-order valence-corrected chi connectivity index (χ1v) is 13.2. The summed E-state index contributed by atoms with van der Waals surface area (Å²) >= 11 is 0. The Morgan fingerprint density at radius 1 is 1.26 bits per heavy atom. The SMILES string of the molecule is COc1ccc2c3c1OC[C@H]1[C@]4(OC)CC(C)=C[C@@]5(C[C@@H]4C(C)=O)[C@@H](C2)N(CC2CC2)CC[C@]315. The summed E-state index contributed by atoms with van der Waals surface area (Å²) in [6, 6.07) is 4.81. The Hall–Kier alpha value is -1.85. The van der Waals surface area contributed by atoms with Crippen molar-refractivity contribution in [2.75, 3.05) is 33.9 Å². The molecule has 2 saturated carbocycles. The number of ketones is 1. The minimum atomic E-state index is -0.523. The van der Waals surface area contributed by atoms with Crippen LogP contribution in [0.2, 0.25) is 0 Å². The van der Waals surface area contributed by atoms with Gasteiger partial charge in [0, 0.05) is 47.9 Å². The smallest absolute Gasteiger partial charge is 0.165 e. The molecule has 1 saturated heterocycles. The van der Waals surface area contributed by atoms with Crippen LogP contribution in [0.5, 0.6) is 11.5 Å². The predicted octanol–water partition coefficient (Wildman–Crippen LogP) is 4.31. The third-order valence-electron chi connectivity index (χ3n) is 10.8. The molecule has 0 N–H and O–H groups in total. The van der Waals surface area contributed by atoms with E-state index < -0.39 is 5.60 Å². The Kier molecular flexibility index (Phi) is 4.34. The second-order valence-electron chi connectivity index (χ2n) is 12.1. The van der Waals surface area contributed by atoms with Crippen LogP contribution >= 0.6 is 0 Å². The van der Waals surface area contributed by atoms with E-state index in [-0.39, 0.29) is 28.4 Å². The van der Waals surface area contributed by atoms with Crippen molar-refractivity contribution in [3.8, 4) is 11.5 Å². The predicted molar refractivity (Wildman–Crippen MR) is 129 cm³/mol. The number of carbonyl (C=O) groups excluding carboxylic acids is 1. The highest BCUT2D eigenvalue weighted by molar-refractivity contribution is 5.81. The van der Waals surface area contributed by atoms with Crippen molar-refractivity contribution in [1.29, 1.82) is 0 Å². The van der Waals surface area contributed by atoms with Crippen LogP contribution in [-0.4, -0.2) is 56.2 Å². The number of carbonyl (C=O) groups is 1. The van der Waals surface area contributed by atoms with Gasteiger partial charge >= 0.3 is 0 Å². The van der Waals surface area contributed by atoms with Gasteiger partial charge in [0.05, 0.1) is 19.3 Å². The van der Waals surface area contributed by atoms with E-state index in [9.17, 15) is 4.79 Å². The van der Waals surface area contributed by atoms with Crippen LogP contribution in [0.25, 0.3) is 0 Å². The molecule has 182 valence electrons. The van der Waals surface area contributed by atoms with Crippen LogP contribution in [0.15, 0.2) is 23.8 Å². The molecule has 0 unspecified atom stereocenters. The molecular formula is C29H37NO4. The summed E-state index contributed by atoms with van der Waals surface area (Å²) in [6.07, 6.45) is 9.18. The zero-order chi connectivity index (χ0) is 23.5. The van der Waals surface area contributed by atoms with Crippen molar-refractivity contribution in [2.45, 2.75) is 69.4 Å². The second-order valence-corrected chi connectivity index (χ2v) is 12.1. The van der Waals surface area contributed by atoms with Crippen LogP contribution in [0, 0.1) is 23.2 Å². The number of ether oxygens (including phenoxy) is 3. The molecule has 4 bridgehead atoms. The maximum absolute atomic E-state index is 13.3. The van der Waals surface area contributed by atoms with Gasteiger partial charge in [-0.1, -0.05) is 17.7 Å². The number of benzene rings is 1. The number of nitrogens with zero attached hydrogens (tertiary/aromatic N) is 1. The molecule has 7 aliphatic rings. The fraction of sp³-hybridized carbons (Fsp3) is 0.690. The fourth-order valence-corrected chi connectivity index (χ4v) is 9.54. The molecule has 1 aromatic rings. The third-order valence-corrected chi connectivity index (χ3v) is 10.8. The van der Waals surface area contributed by atoms with E-state index in [4.69, 9.17) is 14.2 Å². The number of rotatable bonds is 5. The molecule has 2 heterocycles. The molecule has 5 nitrogen and oxygen atoms in total. The first-order valence-electron chi connectivity index (χ1n) is 13.2. The molecule has 0 aromatic heterocycles. The molecule has 0 amide bonds. The molecule has 34 heavy (non-hydrogen) atoms. The number of methoxy groups -OCH3 is 2. The van der Waals surface area contributed by atoms with E-state index >= 15 is 0 Å². The Morgan fingerprint density at radius 2 is 2.09 bits per heavy atom. The number of hydrogen-bond donors (Lipinski definition) is 0. The zero-order valence-electron chi connectivity index (χ0n) is 21.0. The van der Waals surface area contributed by atoms with E-state index in [2.05, 4.69) is 30.0 Å². The lowest BCUT2D eigenvalue weighted by atomic mass is 9.36. The average molecular weight is 464 g/mol. The van der Waals surface area contributed by atoms with Gasteiger partial charge in [-0.3, -0.25) is 9.69 Å². The standard InChI is InChI=1S/C29H37NO4/c1-17-12-27-14-21(18(2)31)29(13-17,33-4)23-16-34-26-22(32-3)8-7-20-11-24(27)30(15-19-5-6-19)10-9-28(23,27)25(20)26/h7-8,12,19,21,23-24H,5-6,9-11,13-16H2,1-4H3/t21-,23-,24-,27-,28-,29+/m1/s1. The molecule has 8 rings (SSSR count). The van der Waals surface area contributed by atoms with Crippen molar-refractivity contribution in [3.63, 3.8) is 0 Å². The average Bonchev–Trinajstić information content (AvgIpc) is 3.65. The van der Waals surface area contributed by atoms with E-state index in [0.29, 0.717) is 12.6 Å². The van der Waals surface area contributed by atoms with Crippen molar-refractivity contribution in [1.82, 2.24) is 4.90 Å². The van der Waals surface area contributed by atoms with Gasteiger partial charge in [-0.2, -0.15) is 0 Å². The van der Waals surface area contributed by atoms with Gasteiger partial charge in [-0.25, -0.2) is 0 Å². The van der Waals surface area contributed by atoms with Gasteiger partial charge in [0.2, 0.25) is 0 Å². The lowest BCUT2D eigenvalue weighted by Gasteiger charge is -2.72. The third kappa shape index (κ3) is 2.36. The Labute approximate surface area is 202 Å². The largest absolute Gasteiger partial charge is 0.493 e. The number of Topliss-reactive ketones (excluding diaryl/α,β-unsaturated/α-hetero) is 1. The lowest BCUT2D eigenvalue weighted by molar-refractivity contribution is -0.222. The monoisotopic (exact) mass is 463 g/mol. The Bertz CT molecular complexity index is 1110. The minimum absolute atomic E-state index is 0.0817. The molecule has 2 spiro atoms. The van der Waals surface area contributed by atoms with Crippen LogP contribution in [0.1, 0.15) is 57.1 Å². The summed E-state index contributed by atoms with van der Waals surface area (Å²) in [5.74, 6) is 2.96. The molecule has 1 aromatic carbocycles. The van der Waals surface area contributed by atoms with Crippen molar-refractivity contribution in [2.24, 2.45) is 23.2 Å². The molecule has 6 atom stereocenters. The summed E-state index contributed by atoms with van der Waals surface area (Å²) in [4.78, 5) is 16.1. The van der Waals surface area contributed by atoms with Crippen molar-refractivity contribution >= 4 is 5.78 Å². The van der Waals surface area contributed by atoms with Crippen LogP contribution in [-0.2, 0) is 21.4 Å². The maximum atomic E-state index is 13.3. The summed E-state index contributed by atoms with van der Waals surface area (Å²) in [5, 5.41) is 0. The maximum Gasteiger partial charge on any atom is 0.165 e. The van der Waals surface area contributed by atoms with E-state index in [0.717, 1.165) is 49.6 Å². The van der Waals surface area contributed by atoms with E-state index in [1.54, 1.807) is 14.0 Å². The first-order chi connectivity index (χ1) is 16.4. The number of hydrogen-bond acceptors (Lipinski definition) is 5. The van der Waals surface area contributed by atoms with Gasteiger partial charge < -0.3 is 14.2 Å². The van der Waals surface area contributed by atoms with Crippen molar-refractivity contribution < 1.29 is 19.0 Å². The quantitative estimate of drug-likeness (QED) is 0.609. The molecular weight excluding hydrogens is 426 g/mol. The van der Waals surface area contributed by atoms with Gasteiger partial charge in [0.1, 0.15) is 5.78 Å². The number of likely N-dealkylation sites (tertiary alicyclic amines) is 1. The highest BCUT2D eigenvalue weighted by atomic mass is 16.5. The van der Waals surface area contributed by atoms with Gasteiger partial charge in [-0.15, -0.1) is 0 Å². The minimum Gasteiger partial charge on any atom is -0.493 e.